The molecule has 0 bridgehead atoms. The van der Waals surface area contributed by atoms with Crippen molar-refractivity contribution in [2.75, 3.05) is 60.5 Å². The predicted molar refractivity (Wildman–Crippen MR) is 67.2 cm³/mol. The van der Waals surface area contributed by atoms with Crippen molar-refractivity contribution in [1.82, 2.24) is 20.4 Å². The van der Waals surface area contributed by atoms with Gasteiger partial charge in [-0.25, -0.2) is 4.79 Å². The first-order valence-corrected chi connectivity index (χ1v) is 6.05. The molecule has 1 heterocycles. The lowest BCUT2D eigenvalue weighted by Crippen LogP contribution is -2.46. The minimum absolute atomic E-state index is 0.0551. The summed E-state index contributed by atoms with van der Waals surface area (Å²) in [5.74, 6) is 0. The first-order valence-electron chi connectivity index (χ1n) is 6.05. The topological polar surface area (TPSA) is 56.8 Å². The Hall–Kier alpha value is -0.850. The molecule has 1 saturated heterocycles. The SMILES string of the molecule is CN1CCOC(CNCCNC(=O)N(C)C)C1. The Kier molecular flexibility index (Phi) is 6.25. The summed E-state index contributed by atoms with van der Waals surface area (Å²) in [6, 6.07) is -0.0551. The highest BCUT2D eigenvalue weighted by atomic mass is 16.5. The van der Waals surface area contributed by atoms with E-state index in [-0.39, 0.29) is 12.1 Å². The first kappa shape index (κ1) is 14.2. The largest absolute Gasteiger partial charge is 0.374 e. The maximum Gasteiger partial charge on any atom is 0.316 e. The van der Waals surface area contributed by atoms with Crippen molar-refractivity contribution < 1.29 is 9.53 Å². The fraction of sp³-hybridized carbons (Fsp3) is 0.909. The Balaban J connectivity index is 1.98. The van der Waals surface area contributed by atoms with Gasteiger partial charge in [-0.2, -0.15) is 0 Å². The van der Waals surface area contributed by atoms with E-state index in [1.54, 1.807) is 14.1 Å². The van der Waals surface area contributed by atoms with Gasteiger partial charge in [0.1, 0.15) is 0 Å². The Morgan fingerprint density at radius 2 is 2.24 bits per heavy atom. The van der Waals surface area contributed by atoms with Crippen molar-refractivity contribution in [3.8, 4) is 0 Å². The second-order valence-electron chi connectivity index (χ2n) is 4.59. The molecule has 0 aromatic rings. The standard InChI is InChI=1S/C11H24N4O2/c1-14(2)11(16)13-5-4-12-8-10-9-15(3)6-7-17-10/h10,12H,4-9H2,1-3H3,(H,13,16). The molecule has 1 fully saturated rings. The average molecular weight is 244 g/mol. The van der Waals surface area contributed by atoms with Gasteiger partial charge in [-0.05, 0) is 7.05 Å². The van der Waals surface area contributed by atoms with Gasteiger partial charge in [0.25, 0.3) is 0 Å². The maximum absolute atomic E-state index is 11.2. The predicted octanol–water partition coefficient (Wildman–Crippen LogP) is -0.822. The lowest BCUT2D eigenvalue weighted by atomic mass is 10.3. The summed E-state index contributed by atoms with van der Waals surface area (Å²) in [7, 11) is 5.57. The number of nitrogens with one attached hydrogen (secondary N) is 2. The molecule has 2 amide bonds. The van der Waals surface area contributed by atoms with E-state index in [0.29, 0.717) is 6.54 Å². The summed E-state index contributed by atoms with van der Waals surface area (Å²) in [6.07, 6.45) is 0.262. The zero-order chi connectivity index (χ0) is 12.7. The van der Waals surface area contributed by atoms with Crippen LogP contribution >= 0.6 is 0 Å². The van der Waals surface area contributed by atoms with Crippen molar-refractivity contribution in [3.63, 3.8) is 0 Å². The van der Waals surface area contributed by atoms with Crippen LogP contribution < -0.4 is 10.6 Å². The van der Waals surface area contributed by atoms with Crippen LogP contribution in [0.5, 0.6) is 0 Å². The molecule has 1 aliphatic heterocycles. The molecule has 0 aliphatic carbocycles. The third kappa shape index (κ3) is 5.86. The Labute approximate surface area is 103 Å². The number of carbonyl (C=O) groups is 1. The summed E-state index contributed by atoms with van der Waals surface area (Å²) in [4.78, 5) is 15.0. The summed E-state index contributed by atoms with van der Waals surface area (Å²) in [6.45, 7) is 5.03. The van der Waals surface area contributed by atoms with Crippen molar-refractivity contribution in [2.24, 2.45) is 0 Å². The van der Waals surface area contributed by atoms with E-state index in [2.05, 4.69) is 22.6 Å². The van der Waals surface area contributed by atoms with Crippen molar-refractivity contribution in [1.29, 1.82) is 0 Å². The molecule has 0 saturated carbocycles. The number of hydrogen-bond acceptors (Lipinski definition) is 4. The van der Waals surface area contributed by atoms with Crippen LogP contribution in [-0.4, -0.2) is 82.4 Å². The van der Waals surface area contributed by atoms with Crippen LogP contribution in [0, 0.1) is 0 Å². The monoisotopic (exact) mass is 244 g/mol. The minimum atomic E-state index is -0.0551. The lowest BCUT2D eigenvalue weighted by molar-refractivity contribution is -0.0179. The van der Waals surface area contributed by atoms with Crippen LogP contribution in [0.2, 0.25) is 0 Å². The van der Waals surface area contributed by atoms with Gasteiger partial charge in [-0.1, -0.05) is 0 Å². The number of urea groups is 1. The lowest BCUT2D eigenvalue weighted by Gasteiger charge is -2.30. The molecule has 0 radical (unpaired) electrons. The number of morpholine rings is 1. The summed E-state index contributed by atoms with van der Waals surface area (Å²) in [5, 5.41) is 6.09. The second-order valence-corrected chi connectivity index (χ2v) is 4.59. The molecule has 6 heteroatoms. The smallest absolute Gasteiger partial charge is 0.316 e. The van der Waals surface area contributed by atoms with Gasteiger partial charge in [0, 0.05) is 46.8 Å². The van der Waals surface area contributed by atoms with E-state index >= 15 is 0 Å². The Morgan fingerprint density at radius 1 is 1.47 bits per heavy atom. The molecule has 17 heavy (non-hydrogen) atoms. The highest BCUT2D eigenvalue weighted by Gasteiger charge is 2.16. The summed E-state index contributed by atoms with van der Waals surface area (Å²) < 4.78 is 5.61. The molecule has 1 aliphatic rings. The molecule has 0 aromatic heterocycles. The zero-order valence-electron chi connectivity index (χ0n) is 11.0. The quantitative estimate of drug-likeness (QED) is 0.620. The van der Waals surface area contributed by atoms with E-state index in [0.717, 1.165) is 32.8 Å². The number of likely N-dealkylation sites (N-methyl/N-ethyl adjacent to an activating group) is 1. The van der Waals surface area contributed by atoms with Crippen molar-refractivity contribution in [2.45, 2.75) is 6.10 Å². The molecule has 6 nitrogen and oxygen atoms in total. The molecule has 100 valence electrons. The Morgan fingerprint density at radius 3 is 2.88 bits per heavy atom. The van der Waals surface area contributed by atoms with Crippen LogP contribution in [0.4, 0.5) is 4.79 Å². The van der Waals surface area contributed by atoms with E-state index in [1.807, 2.05) is 0 Å². The van der Waals surface area contributed by atoms with Gasteiger partial charge in [-0.15, -0.1) is 0 Å². The minimum Gasteiger partial charge on any atom is -0.374 e. The summed E-state index contributed by atoms with van der Waals surface area (Å²) >= 11 is 0. The second kappa shape index (κ2) is 7.47. The number of nitrogens with zero attached hydrogens (tertiary/aromatic N) is 2. The highest BCUT2D eigenvalue weighted by Crippen LogP contribution is 2.00. The number of ether oxygens (including phenoxy) is 1. The van der Waals surface area contributed by atoms with Gasteiger partial charge < -0.3 is 25.2 Å². The fourth-order valence-electron chi connectivity index (χ4n) is 1.67. The molecular formula is C11H24N4O2. The van der Waals surface area contributed by atoms with E-state index in [1.165, 1.54) is 4.90 Å². The van der Waals surface area contributed by atoms with Crippen LogP contribution in [-0.2, 0) is 4.74 Å². The number of rotatable bonds is 5. The molecule has 1 unspecified atom stereocenters. The maximum atomic E-state index is 11.2. The highest BCUT2D eigenvalue weighted by molar-refractivity contribution is 5.73. The molecular weight excluding hydrogens is 220 g/mol. The molecule has 1 atom stereocenters. The van der Waals surface area contributed by atoms with Crippen molar-refractivity contribution >= 4 is 6.03 Å². The van der Waals surface area contributed by atoms with Gasteiger partial charge in [0.05, 0.1) is 12.7 Å². The first-order chi connectivity index (χ1) is 8.09. The van der Waals surface area contributed by atoms with Crippen LogP contribution in [0.25, 0.3) is 0 Å². The van der Waals surface area contributed by atoms with E-state index < -0.39 is 0 Å². The third-order valence-corrected chi connectivity index (χ3v) is 2.70. The normalized spacial score (nSPS) is 21.2. The molecule has 0 aromatic carbocycles. The van der Waals surface area contributed by atoms with Crippen LogP contribution in [0.15, 0.2) is 0 Å². The van der Waals surface area contributed by atoms with Crippen molar-refractivity contribution in [3.05, 3.63) is 0 Å². The number of carbonyl (C=O) groups excluding carboxylic acids is 1. The number of amides is 2. The molecule has 2 N–H and O–H groups in total. The number of hydrogen-bond donors (Lipinski definition) is 2. The van der Waals surface area contributed by atoms with Gasteiger partial charge in [0.2, 0.25) is 0 Å². The third-order valence-electron chi connectivity index (χ3n) is 2.70. The average Bonchev–Trinajstić information content (AvgIpc) is 2.28. The molecule has 0 spiro atoms. The van der Waals surface area contributed by atoms with Gasteiger partial charge in [0.15, 0.2) is 0 Å². The molecule has 1 rings (SSSR count). The Bertz CT molecular complexity index is 236. The fourth-order valence-corrected chi connectivity index (χ4v) is 1.67. The van der Waals surface area contributed by atoms with E-state index in [9.17, 15) is 4.79 Å². The zero-order valence-corrected chi connectivity index (χ0v) is 11.0. The van der Waals surface area contributed by atoms with E-state index in [4.69, 9.17) is 4.74 Å². The summed E-state index contributed by atoms with van der Waals surface area (Å²) in [5.41, 5.74) is 0. The van der Waals surface area contributed by atoms with Crippen LogP contribution in [0.3, 0.4) is 0 Å². The van der Waals surface area contributed by atoms with Crippen LogP contribution in [0.1, 0.15) is 0 Å². The van der Waals surface area contributed by atoms with Gasteiger partial charge in [-0.3, -0.25) is 0 Å². The van der Waals surface area contributed by atoms with Gasteiger partial charge >= 0.3 is 6.03 Å².